The first-order chi connectivity index (χ1) is 11.8. The number of aromatic nitrogens is 3. The summed E-state index contributed by atoms with van der Waals surface area (Å²) in [5, 5.41) is 10.3. The van der Waals surface area contributed by atoms with Crippen LogP contribution in [0.2, 0.25) is 0 Å². The topological polar surface area (TPSA) is 103 Å². The van der Waals surface area contributed by atoms with Gasteiger partial charge in [0.2, 0.25) is 5.89 Å². The largest absolute Gasteiger partial charge is 0.377 e. The second-order valence-corrected chi connectivity index (χ2v) is 4.99. The molecule has 0 radical (unpaired) electrons. The first-order valence-electron chi connectivity index (χ1n) is 7.37. The molecule has 0 aliphatic carbocycles. The van der Waals surface area contributed by atoms with E-state index in [0.717, 1.165) is 5.56 Å². The number of rotatable bonds is 7. The van der Waals surface area contributed by atoms with E-state index in [0.29, 0.717) is 30.4 Å². The Morgan fingerprint density at radius 3 is 2.83 bits per heavy atom. The number of nitrogens with zero attached hydrogens (tertiary/aromatic N) is 3. The van der Waals surface area contributed by atoms with Gasteiger partial charge in [-0.3, -0.25) is 4.79 Å². The first-order valence-corrected chi connectivity index (χ1v) is 7.37. The van der Waals surface area contributed by atoms with Crippen LogP contribution >= 0.6 is 0 Å². The van der Waals surface area contributed by atoms with Crippen LogP contribution in [0.3, 0.4) is 0 Å². The van der Waals surface area contributed by atoms with E-state index in [1.54, 1.807) is 13.2 Å². The molecule has 0 saturated heterocycles. The van der Waals surface area contributed by atoms with Crippen LogP contribution in [0, 0.1) is 0 Å². The molecule has 0 spiro atoms. The Labute approximate surface area is 137 Å². The van der Waals surface area contributed by atoms with Gasteiger partial charge in [0, 0.05) is 31.7 Å². The lowest BCUT2D eigenvalue weighted by molar-refractivity contribution is 0.0944. The fourth-order valence-corrected chi connectivity index (χ4v) is 2.07. The minimum Gasteiger partial charge on any atom is -0.377 e. The molecule has 24 heavy (non-hydrogen) atoms. The smallest absolute Gasteiger partial charge is 0.273 e. The van der Waals surface area contributed by atoms with Crippen molar-refractivity contribution < 1.29 is 18.6 Å². The molecule has 8 heteroatoms. The fraction of sp³-hybridized carbons (Fsp3) is 0.250. The highest BCUT2D eigenvalue weighted by Gasteiger charge is 2.14. The van der Waals surface area contributed by atoms with Gasteiger partial charge in [-0.25, -0.2) is 0 Å². The van der Waals surface area contributed by atoms with E-state index in [1.165, 1.54) is 0 Å². The van der Waals surface area contributed by atoms with Crippen LogP contribution in [-0.2, 0) is 17.8 Å². The quantitative estimate of drug-likeness (QED) is 0.705. The zero-order valence-corrected chi connectivity index (χ0v) is 13.1. The van der Waals surface area contributed by atoms with Gasteiger partial charge in [0.05, 0.1) is 0 Å². The number of ether oxygens (including phenoxy) is 1. The molecular weight excluding hydrogens is 312 g/mol. The van der Waals surface area contributed by atoms with E-state index in [1.807, 2.05) is 30.3 Å². The lowest BCUT2D eigenvalue weighted by atomic mass is 10.1. The molecule has 0 atom stereocenters. The molecule has 1 amide bonds. The van der Waals surface area contributed by atoms with Crippen molar-refractivity contribution in [2.45, 2.75) is 13.0 Å². The lowest BCUT2D eigenvalue weighted by Gasteiger charge is -1.99. The molecule has 2 heterocycles. The minimum atomic E-state index is -0.322. The number of hydrogen-bond donors (Lipinski definition) is 1. The number of nitrogens with one attached hydrogen (secondary N) is 1. The maximum absolute atomic E-state index is 12.1. The number of carbonyl (C=O) groups excluding carboxylic acids is 1. The molecule has 0 aliphatic rings. The van der Waals surface area contributed by atoms with Gasteiger partial charge in [-0.1, -0.05) is 40.6 Å². The zero-order chi connectivity index (χ0) is 16.8. The Bertz CT molecular complexity index is 797. The Kier molecular flexibility index (Phi) is 4.97. The molecule has 3 aromatic rings. The second-order valence-electron chi connectivity index (χ2n) is 4.99. The van der Waals surface area contributed by atoms with Crippen molar-refractivity contribution in [1.82, 2.24) is 20.6 Å². The van der Waals surface area contributed by atoms with Crippen molar-refractivity contribution in [2.75, 3.05) is 13.7 Å². The Hall–Kier alpha value is -3.00. The van der Waals surface area contributed by atoms with Crippen LogP contribution in [0.15, 0.2) is 45.4 Å². The van der Waals surface area contributed by atoms with Crippen LogP contribution < -0.4 is 5.32 Å². The average molecular weight is 328 g/mol. The third-order valence-corrected chi connectivity index (χ3v) is 3.21. The molecule has 0 unspecified atom stereocenters. The average Bonchev–Trinajstić information content (AvgIpc) is 3.26. The van der Waals surface area contributed by atoms with Crippen LogP contribution in [0.1, 0.15) is 22.2 Å². The normalized spacial score (nSPS) is 10.7. The van der Waals surface area contributed by atoms with Gasteiger partial charge in [-0.05, 0) is 0 Å². The number of hydrogen-bond acceptors (Lipinski definition) is 7. The van der Waals surface area contributed by atoms with Gasteiger partial charge >= 0.3 is 0 Å². The Balaban J connectivity index is 1.53. The third-order valence-electron chi connectivity index (χ3n) is 3.21. The molecule has 124 valence electrons. The van der Waals surface area contributed by atoms with Crippen LogP contribution in [-0.4, -0.2) is 34.9 Å². The van der Waals surface area contributed by atoms with Gasteiger partial charge < -0.3 is 19.1 Å². The van der Waals surface area contributed by atoms with E-state index in [9.17, 15) is 4.79 Å². The maximum atomic E-state index is 12.1. The van der Waals surface area contributed by atoms with Gasteiger partial charge in [0.25, 0.3) is 5.91 Å². The number of carbonyl (C=O) groups is 1. The minimum absolute atomic E-state index is 0.222. The van der Waals surface area contributed by atoms with Crippen molar-refractivity contribution >= 4 is 5.91 Å². The lowest BCUT2D eigenvalue weighted by Crippen LogP contribution is -2.26. The fourth-order valence-electron chi connectivity index (χ4n) is 2.07. The number of benzene rings is 1. The monoisotopic (exact) mass is 328 g/mol. The SMILES string of the molecule is COCc1noc(CCNC(=O)c2cc(-c3ccccc3)on2)n1. The molecule has 3 rings (SSSR count). The molecule has 2 aromatic heterocycles. The molecule has 0 aliphatic heterocycles. The summed E-state index contributed by atoms with van der Waals surface area (Å²) in [6.07, 6.45) is 0.422. The second kappa shape index (κ2) is 7.51. The summed E-state index contributed by atoms with van der Waals surface area (Å²) in [4.78, 5) is 16.2. The summed E-state index contributed by atoms with van der Waals surface area (Å²) >= 11 is 0. The molecule has 1 N–H and O–H groups in total. The molecule has 8 nitrogen and oxygen atoms in total. The summed E-state index contributed by atoms with van der Waals surface area (Å²) in [5.74, 6) is 1.13. The van der Waals surface area contributed by atoms with E-state index in [-0.39, 0.29) is 18.2 Å². The zero-order valence-electron chi connectivity index (χ0n) is 13.1. The highest BCUT2D eigenvalue weighted by molar-refractivity contribution is 5.93. The number of amides is 1. The van der Waals surface area contributed by atoms with Crippen LogP contribution in [0.4, 0.5) is 0 Å². The van der Waals surface area contributed by atoms with Gasteiger partial charge in [0.1, 0.15) is 6.61 Å². The third kappa shape index (κ3) is 3.85. The first kappa shape index (κ1) is 15.9. The van der Waals surface area contributed by atoms with E-state index in [2.05, 4.69) is 20.6 Å². The summed E-state index contributed by atoms with van der Waals surface area (Å²) in [5.41, 5.74) is 1.08. The molecular formula is C16H16N4O4. The molecule has 0 bridgehead atoms. The Morgan fingerprint density at radius 1 is 1.21 bits per heavy atom. The van der Waals surface area contributed by atoms with E-state index < -0.39 is 0 Å². The van der Waals surface area contributed by atoms with E-state index in [4.69, 9.17) is 13.8 Å². The van der Waals surface area contributed by atoms with Crippen molar-refractivity contribution in [3.05, 3.63) is 53.8 Å². The molecule has 1 aromatic carbocycles. The van der Waals surface area contributed by atoms with Crippen molar-refractivity contribution in [1.29, 1.82) is 0 Å². The van der Waals surface area contributed by atoms with Crippen molar-refractivity contribution in [3.8, 4) is 11.3 Å². The van der Waals surface area contributed by atoms with Crippen molar-refractivity contribution in [2.24, 2.45) is 0 Å². The molecule has 0 saturated carbocycles. The summed E-state index contributed by atoms with van der Waals surface area (Å²) in [6, 6.07) is 11.1. The highest BCUT2D eigenvalue weighted by Crippen LogP contribution is 2.19. The Morgan fingerprint density at radius 2 is 2.04 bits per heavy atom. The summed E-state index contributed by atoms with van der Waals surface area (Å²) in [6.45, 7) is 0.637. The number of methoxy groups -OCH3 is 1. The summed E-state index contributed by atoms with van der Waals surface area (Å²) < 4.78 is 15.1. The van der Waals surface area contributed by atoms with Crippen LogP contribution in [0.5, 0.6) is 0 Å². The predicted molar refractivity (Wildman–Crippen MR) is 83.0 cm³/mol. The van der Waals surface area contributed by atoms with Gasteiger partial charge in [-0.15, -0.1) is 0 Å². The van der Waals surface area contributed by atoms with Crippen molar-refractivity contribution in [3.63, 3.8) is 0 Å². The highest BCUT2D eigenvalue weighted by atomic mass is 16.5. The molecule has 0 fully saturated rings. The predicted octanol–water partition coefficient (Wildman–Crippen LogP) is 1.84. The van der Waals surface area contributed by atoms with E-state index >= 15 is 0 Å². The summed E-state index contributed by atoms with van der Waals surface area (Å²) in [7, 11) is 1.55. The van der Waals surface area contributed by atoms with Crippen LogP contribution in [0.25, 0.3) is 11.3 Å². The van der Waals surface area contributed by atoms with Gasteiger partial charge in [0.15, 0.2) is 17.3 Å². The maximum Gasteiger partial charge on any atom is 0.273 e. The standard InChI is InChI=1S/C16H16N4O4/c1-22-10-14-18-15(24-20-14)7-8-17-16(21)12-9-13(23-19-12)11-5-3-2-4-6-11/h2-6,9H,7-8,10H2,1H3,(H,17,21). The van der Waals surface area contributed by atoms with Gasteiger partial charge in [-0.2, -0.15) is 4.98 Å².